The van der Waals surface area contributed by atoms with Crippen LogP contribution in [0.5, 0.6) is 0 Å². The average molecular weight is 217 g/mol. The van der Waals surface area contributed by atoms with Crippen LogP contribution >= 0.6 is 11.6 Å². The number of rotatable bonds is 4. The first-order chi connectivity index (χ1) is 6.65. The van der Waals surface area contributed by atoms with Crippen LogP contribution < -0.4 is 0 Å². The van der Waals surface area contributed by atoms with Crippen LogP contribution in [0.1, 0.15) is 52.4 Å². The van der Waals surface area contributed by atoms with E-state index in [1.807, 2.05) is 0 Å². The van der Waals surface area contributed by atoms with Crippen LogP contribution in [0.2, 0.25) is 0 Å². The number of halogens is 1. The lowest BCUT2D eigenvalue weighted by Gasteiger charge is -2.34. The fraction of sp³-hybridized carbons (Fsp3) is 0.917. The summed E-state index contributed by atoms with van der Waals surface area (Å²) < 4.78 is 0. The van der Waals surface area contributed by atoms with Crippen LogP contribution in [0.4, 0.5) is 0 Å². The normalized spacial score (nSPS) is 29.9. The molecule has 3 atom stereocenters. The molecule has 1 saturated carbocycles. The summed E-state index contributed by atoms with van der Waals surface area (Å²) in [4.78, 5) is 10.9. The van der Waals surface area contributed by atoms with Gasteiger partial charge in [0.15, 0.2) is 0 Å². The van der Waals surface area contributed by atoms with E-state index in [2.05, 4.69) is 13.8 Å². The van der Waals surface area contributed by atoms with Crippen LogP contribution in [0.15, 0.2) is 0 Å². The van der Waals surface area contributed by atoms with Crippen LogP contribution in [0.3, 0.4) is 0 Å². The first-order valence-electron chi connectivity index (χ1n) is 5.83. The molecule has 0 aliphatic heterocycles. The third kappa shape index (κ3) is 3.27. The molecule has 2 heteroatoms. The Balaban J connectivity index is 2.54. The van der Waals surface area contributed by atoms with Gasteiger partial charge in [-0.1, -0.05) is 33.1 Å². The molecule has 82 valence electrons. The summed E-state index contributed by atoms with van der Waals surface area (Å²) >= 11 is 5.49. The second kappa shape index (κ2) is 5.75. The monoisotopic (exact) mass is 216 g/mol. The van der Waals surface area contributed by atoms with E-state index >= 15 is 0 Å². The summed E-state index contributed by atoms with van der Waals surface area (Å²) in [5, 5.41) is -0.148. The van der Waals surface area contributed by atoms with Gasteiger partial charge in [0.25, 0.3) is 0 Å². The summed E-state index contributed by atoms with van der Waals surface area (Å²) in [5.74, 6) is 2.04. The van der Waals surface area contributed by atoms with E-state index in [0.29, 0.717) is 12.3 Å². The Morgan fingerprint density at radius 1 is 1.43 bits per heavy atom. The summed E-state index contributed by atoms with van der Waals surface area (Å²) in [6, 6.07) is 0. The van der Waals surface area contributed by atoms with Crippen molar-refractivity contribution in [2.75, 3.05) is 0 Å². The largest absolute Gasteiger partial charge is 0.281 e. The second-order valence-electron chi connectivity index (χ2n) is 4.65. The van der Waals surface area contributed by atoms with Gasteiger partial charge in [0.05, 0.1) is 0 Å². The van der Waals surface area contributed by atoms with E-state index in [4.69, 9.17) is 11.6 Å². The fourth-order valence-corrected chi connectivity index (χ4v) is 2.95. The van der Waals surface area contributed by atoms with Crippen molar-refractivity contribution in [3.8, 4) is 0 Å². The minimum Gasteiger partial charge on any atom is -0.281 e. The standard InChI is InChI=1S/C12H21ClO/c1-3-9(2)11-7-5-4-6-10(11)8-12(13)14/h9-11H,3-8H2,1-2H3. The molecule has 0 spiro atoms. The molecule has 14 heavy (non-hydrogen) atoms. The molecule has 1 nitrogen and oxygen atoms in total. The Morgan fingerprint density at radius 3 is 2.64 bits per heavy atom. The molecule has 0 aromatic heterocycles. The lowest BCUT2D eigenvalue weighted by atomic mass is 9.71. The molecular weight excluding hydrogens is 196 g/mol. The van der Waals surface area contributed by atoms with Crippen molar-refractivity contribution in [3.63, 3.8) is 0 Å². The van der Waals surface area contributed by atoms with Gasteiger partial charge in [-0.3, -0.25) is 4.79 Å². The molecule has 3 unspecified atom stereocenters. The third-order valence-electron chi connectivity index (χ3n) is 3.77. The lowest BCUT2D eigenvalue weighted by molar-refractivity contribution is -0.113. The van der Waals surface area contributed by atoms with Gasteiger partial charge in [0.2, 0.25) is 5.24 Å². The number of carbonyl (C=O) groups excluding carboxylic acids is 1. The van der Waals surface area contributed by atoms with E-state index in [1.54, 1.807) is 0 Å². The fourth-order valence-electron chi connectivity index (χ4n) is 2.75. The predicted octanol–water partition coefficient (Wildman–Crippen LogP) is 3.99. The lowest BCUT2D eigenvalue weighted by Crippen LogP contribution is -2.26. The molecular formula is C12H21ClO. The minimum absolute atomic E-state index is 0.148. The quantitative estimate of drug-likeness (QED) is 0.650. The zero-order chi connectivity index (χ0) is 10.6. The molecule has 0 amide bonds. The van der Waals surface area contributed by atoms with Gasteiger partial charge in [0, 0.05) is 6.42 Å². The highest BCUT2D eigenvalue weighted by molar-refractivity contribution is 6.63. The van der Waals surface area contributed by atoms with Crippen molar-refractivity contribution >= 4 is 16.8 Å². The maximum atomic E-state index is 10.9. The second-order valence-corrected chi connectivity index (χ2v) is 5.07. The molecule has 0 N–H and O–H groups in total. The van der Waals surface area contributed by atoms with Crippen LogP contribution in [-0.2, 0) is 4.79 Å². The van der Waals surface area contributed by atoms with Gasteiger partial charge in [-0.15, -0.1) is 0 Å². The number of hydrogen-bond donors (Lipinski definition) is 0. The van der Waals surface area contributed by atoms with Crippen LogP contribution in [0, 0.1) is 17.8 Å². The molecule has 1 aliphatic rings. The first-order valence-corrected chi connectivity index (χ1v) is 6.21. The predicted molar refractivity (Wildman–Crippen MR) is 60.4 cm³/mol. The highest BCUT2D eigenvalue weighted by Crippen LogP contribution is 2.38. The maximum absolute atomic E-state index is 10.9. The van der Waals surface area contributed by atoms with Crippen LogP contribution in [-0.4, -0.2) is 5.24 Å². The van der Waals surface area contributed by atoms with Gasteiger partial charge in [-0.05, 0) is 42.2 Å². The average Bonchev–Trinajstić information content (AvgIpc) is 2.16. The van der Waals surface area contributed by atoms with Gasteiger partial charge in [0.1, 0.15) is 0 Å². The highest BCUT2D eigenvalue weighted by atomic mass is 35.5. The Bertz CT molecular complexity index is 191. The molecule has 0 bridgehead atoms. The van der Waals surface area contributed by atoms with Gasteiger partial charge < -0.3 is 0 Å². The van der Waals surface area contributed by atoms with Crippen molar-refractivity contribution in [2.45, 2.75) is 52.4 Å². The van der Waals surface area contributed by atoms with E-state index in [0.717, 1.165) is 11.8 Å². The molecule has 0 saturated heterocycles. The zero-order valence-corrected chi connectivity index (χ0v) is 10.0. The smallest absolute Gasteiger partial charge is 0.221 e. The Morgan fingerprint density at radius 2 is 2.07 bits per heavy atom. The van der Waals surface area contributed by atoms with Crippen molar-refractivity contribution < 1.29 is 4.79 Å². The molecule has 1 rings (SSSR count). The molecule has 0 heterocycles. The molecule has 0 radical (unpaired) electrons. The van der Waals surface area contributed by atoms with Gasteiger partial charge in [-0.25, -0.2) is 0 Å². The third-order valence-corrected chi connectivity index (χ3v) is 3.92. The first kappa shape index (κ1) is 12.0. The van der Waals surface area contributed by atoms with Crippen LogP contribution in [0.25, 0.3) is 0 Å². The van der Waals surface area contributed by atoms with Crippen molar-refractivity contribution in [1.82, 2.24) is 0 Å². The SMILES string of the molecule is CCC(C)C1CCCCC1CC(=O)Cl. The Kier molecular flexibility index (Phi) is 4.94. The van der Waals surface area contributed by atoms with Crippen molar-refractivity contribution in [2.24, 2.45) is 17.8 Å². The van der Waals surface area contributed by atoms with Crippen molar-refractivity contribution in [1.29, 1.82) is 0 Å². The van der Waals surface area contributed by atoms with Gasteiger partial charge >= 0.3 is 0 Å². The number of carbonyl (C=O) groups is 1. The summed E-state index contributed by atoms with van der Waals surface area (Å²) in [7, 11) is 0. The van der Waals surface area contributed by atoms with Gasteiger partial charge in [-0.2, -0.15) is 0 Å². The van der Waals surface area contributed by atoms with E-state index < -0.39 is 0 Å². The summed E-state index contributed by atoms with van der Waals surface area (Å²) in [6.45, 7) is 4.54. The summed E-state index contributed by atoms with van der Waals surface area (Å²) in [6.07, 6.45) is 6.93. The topological polar surface area (TPSA) is 17.1 Å². The zero-order valence-electron chi connectivity index (χ0n) is 9.26. The van der Waals surface area contributed by atoms with E-state index in [9.17, 15) is 4.79 Å². The summed E-state index contributed by atoms with van der Waals surface area (Å²) in [5.41, 5.74) is 0. The Hall–Kier alpha value is -0.0400. The number of hydrogen-bond acceptors (Lipinski definition) is 1. The van der Waals surface area contributed by atoms with E-state index in [1.165, 1.54) is 32.1 Å². The molecule has 0 aromatic carbocycles. The highest BCUT2D eigenvalue weighted by Gasteiger charge is 2.29. The molecule has 1 fully saturated rings. The van der Waals surface area contributed by atoms with E-state index in [-0.39, 0.29) is 5.24 Å². The molecule has 0 aromatic rings. The molecule has 1 aliphatic carbocycles. The maximum Gasteiger partial charge on any atom is 0.221 e. The Labute approximate surface area is 92.2 Å². The van der Waals surface area contributed by atoms with Crippen molar-refractivity contribution in [3.05, 3.63) is 0 Å². The minimum atomic E-state index is -0.148.